The van der Waals surface area contributed by atoms with Gasteiger partial charge in [0.1, 0.15) is 6.61 Å². The van der Waals surface area contributed by atoms with Gasteiger partial charge < -0.3 is 4.74 Å². The molecule has 0 atom stereocenters. The summed E-state index contributed by atoms with van der Waals surface area (Å²) >= 11 is 0. The summed E-state index contributed by atoms with van der Waals surface area (Å²) in [6, 6.07) is 16.0. The fourth-order valence-corrected chi connectivity index (χ4v) is 3.22. The Balaban J connectivity index is 1.70. The SMILES string of the molecule is O=c1c2ccccc2c(-c2ccc(F)c(F)c2)nn1CCOc1ccccc1[N+](=O)[O-]. The molecule has 0 N–H and O–H groups in total. The van der Waals surface area contributed by atoms with Gasteiger partial charge in [-0.3, -0.25) is 14.9 Å². The lowest BCUT2D eigenvalue weighted by Gasteiger charge is -2.12. The Kier molecular flexibility index (Phi) is 5.40. The monoisotopic (exact) mass is 423 g/mol. The highest BCUT2D eigenvalue weighted by atomic mass is 19.2. The van der Waals surface area contributed by atoms with Gasteiger partial charge in [0.25, 0.3) is 5.56 Å². The van der Waals surface area contributed by atoms with E-state index in [1.54, 1.807) is 30.3 Å². The molecule has 0 fully saturated rings. The molecule has 4 aromatic rings. The fourth-order valence-electron chi connectivity index (χ4n) is 3.22. The average Bonchev–Trinajstić information content (AvgIpc) is 2.77. The van der Waals surface area contributed by atoms with Crippen LogP contribution in [0, 0.1) is 21.7 Å². The normalized spacial score (nSPS) is 10.9. The van der Waals surface area contributed by atoms with Gasteiger partial charge in [-0.1, -0.05) is 30.3 Å². The van der Waals surface area contributed by atoms with Gasteiger partial charge in [-0.15, -0.1) is 0 Å². The van der Waals surface area contributed by atoms with E-state index in [0.717, 1.165) is 16.8 Å². The van der Waals surface area contributed by atoms with Crippen LogP contribution in [0.1, 0.15) is 0 Å². The molecule has 9 heteroatoms. The molecule has 0 saturated heterocycles. The van der Waals surface area contributed by atoms with E-state index in [9.17, 15) is 23.7 Å². The summed E-state index contributed by atoms with van der Waals surface area (Å²) in [5, 5.41) is 16.3. The number of halogens is 2. The zero-order valence-corrected chi connectivity index (χ0v) is 16.0. The number of hydrogen-bond donors (Lipinski definition) is 0. The second-order valence-electron chi connectivity index (χ2n) is 6.62. The lowest BCUT2D eigenvalue weighted by atomic mass is 10.0. The Hall–Kier alpha value is -4.14. The standard InChI is InChI=1S/C22H15F2N3O4/c23-17-10-9-14(13-18(17)24)21-15-5-1-2-6-16(15)22(28)26(25-21)11-12-31-20-8-4-3-7-19(20)27(29)30/h1-10,13H,11-12H2. The molecule has 31 heavy (non-hydrogen) atoms. The summed E-state index contributed by atoms with van der Waals surface area (Å²) in [5.41, 5.74) is 0.0279. The van der Waals surface area contributed by atoms with Gasteiger partial charge >= 0.3 is 5.69 Å². The topological polar surface area (TPSA) is 87.3 Å². The molecule has 0 aliphatic carbocycles. The van der Waals surface area contributed by atoms with Crippen LogP contribution < -0.4 is 10.3 Å². The third kappa shape index (κ3) is 3.97. The van der Waals surface area contributed by atoms with Gasteiger partial charge in [-0.25, -0.2) is 13.5 Å². The first-order chi connectivity index (χ1) is 15.0. The predicted molar refractivity (Wildman–Crippen MR) is 110 cm³/mol. The first kappa shape index (κ1) is 20.1. The van der Waals surface area contributed by atoms with E-state index >= 15 is 0 Å². The minimum Gasteiger partial charge on any atom is -0.485 e. The first-order valence-electron chi connectivity index (χ1n) is 9.27. The molecule has 0 bridgehead atoms. The number of nitro benzene ring substituents is 1. The molecule has 1 aromatic heterocycles. The van der Waals surface area contributed by atoms with Crippen molar-refractivity contribution in [2.75, 3.05) is 6.61 Å². The van der Waals surface area contributed by atoms with Crippen LogP contribution in [-0.2, 0) is 6.54 Å². The fraction of sp³-hybridized carbons (Fsp3) is 0.0909. The maximum absolute atomic E-state index is 13.8. The van der Waals surface area contributed by atoms with E-state index in [1.807, 2.05) is 0 Å². The summed E-state index contributed by atoms with van der Waals surface area (Å²) < 4.78 is 33.8. The van der Waals surface area contributed by atoms with Crippen LogP contribution in [0.4, 0.5) is 14.5 Å². The Morgan fingerprint density at radius 1 is 0.968 bits per heavy atom. The summed E-state index contributed by atoms with van der Waals surface area (Å²) in [6.07, 6.45) is 0. The highest BCUT2D eigenvalue weighted by molar-refractivity contribution is 5.93. The zero-order chi connectivity index (χ0) is 22.0. The Morgan fingerprint density at radius 3 is 2.42 bits per heavy atom. The van der Waals surface area contributed by atoms with Crippen LogP contribution in [0.25, 0.3) is 22.0 Å². The highest BCUT2D eigenvalue weighted by Crippen LogP contribution is 2.27. The van der Waals surface area contributed by atoms with Crippen LogP contribution in [0.2, 0.25) is 0 Å². The Morgan fingerprint density at radius 2 is 1.68 bits per heavy atom. The summed E-state index contributed by atoms with van der Waals surface area (Å²) in [5.74, 6) is -1.94. The molecule has 0 unspecified atom stereocenters. The molecule has 0 amide bonds. The molecule has 156 valence electrons. The molecular formula is C22H15F2N3O4. The molecule has 0 aliphatic rings. The molecule has 0 radical (unpaired) electrons. The number of para-hydroxylation sites is 2. The second kappa shape index (κ2) is 8.31. The highest BCUT2D eigenvalue weighted by Gasteiger charge is 2.16. The van der Waals surface area contributed by atoms with E-state index in [0.29, 0.717) is 22.0 Å². The minimum absolute atomic E-state index is 0.00755. The molecule has 3 aromatic carbocycles. The number of benzene rings is 3. The van der Waals surface area contributed by atoms with Gasteiger partial charge in [-0.05, 0) is 30.3 Å². The third-order valence-corrected chi connectivity index (χ3v) is 4.68. The lowest BCUT2D eigenvalue weighted by Crippen LogP contribution is -2.26. The maximum Gasteiger partial charge on any atom is 0.310 e. The van der Waals surface area contributed by atoms with Crippen molar-refractivity contribution in [1.82, 2.24) is 9.78 Å². The number of rotatable bonds is 6. The lowest BCUT2D eigenvalue weighted by molar-refractivity contribution is -0.385. The van der Waals surface area contributed by atoms with Crippen molar-refractivity contribution in [3.63, 3.8) is 0 Å². The van der Waals surface area contributed by atoms with Gasteiger partial charge in [0.2, 0.25) is 0 Å². The van der Waals surface area contributed by atoms with Crippen LogP contribution >= 0.6 is 0 Å². The molecule has 7 nitrogen and oxygen atoms in total. The van der Waals surface area contributed by atoms with Crippen molar-refractivity contribution >= 4 is 16.5 Å². The largest absolute Gasteiger partial charge is 0.485 e. The molecule has 0 saturated carbocycles. The Labute approximate surface area is 174 Å². The number of nitrogens with zero attached hydrogens (tertiary/aromatic N) is 3. The van der Waals surface area contributed by atoms with Crippen molar-refractivity contribution in [2.24, 2.45) is 0 Å². The quantitative estimate of drug-likeness (QED) is 0.340. The van der Waals surface area contributed by atoms with Gasteiger partial charge in [-0.2, -0.15) is 5.10 Å². The van der Waals surface area contributed by atoms with E-state index in [1.165, 1.54) is 24.3 Å². The first-order valence-corrected chi connectivity index (χ1v) is 9.27. The number of hydrogen-bond acceptors (Lipinski definition) is 5. The number of ether oxygens (including phenoxy) is 1. The van der Waals surface area contributed by atoms with Gasteiger partial charge in [0.05, 0.1) is 22.5 Å². The molecule has 4 rings (SSSR count). The van der Waals surface area contributed by atoms with Crippen molar-refractivity contribution in [2.45, 2.75) is 6.54 Å². The minimum atomic E-state index is -1.03. The molecule has 0 aliphatic heterocycles. The van der Waals surface area contributed by atoms with Crippen molar-refractivity contribution in [1.29, 1.82) is 0 Å². The number of fused-ring (bicyclic) bond motifs is 1. The van der Waals surface area contributed by atoms with E-state index in [4.69, 9.17) is 4.74 Å². The van der Waals surface area contributed by atoms with Crippen LogP contribution in [-0.4, -0.2) is 21.3 Å². The zero-order valence-electron chi connectivity index (χ0n) is 16.0. The molecule has 1 heterocycles. The number of nitro groups is 1. The van der Waals surface area contributed by atoms with Crippen LogP contribution in [0.15, 0.2) is 71.5 Å². The predicted octanol–water partition coefficient (Wildman–Crippen LogP) is 4.33. The molecule has 0 spiro atoms. The van der Waals surface area contributed by atoms with E-state index < -0.39 is 22.1 Å². The van der Waals surface area contributed by atoms with Crippen molar-refractivity contribution < 1.29 is 18.4 Å². The van der Waals surface area contributed by atoms with Crippen LogP contribution in [0.5, 0.6) is 5.75 Å². The third-order valence-electron chi connectivity index (χ3n) is 4.68. The summed E-state index contributed by atoms with van der Waals surface area (Å²) in [6.45, 7) is -0.0697. The summed E-state index contributed by atoms with van der Waals surface area (Å²) in [7, 11) is 0. The molecular weight excluding hydrogens is 408 g/mol. The summed E-state index contributed by atoms with van der Waals surface area (Å²) in [4.78, 5) is 23.4. The number of aromatic nitrogens is 2. The Bertz CT molecular complexity index is 1350. The van der Waals surface area contributed by atoms with Crippen molar-refractivity contribution in [3.05, 3.63) is 98.8 Å². The van der Waals surface area contributed by atoms with Gasteiger partial charge in [0, 0.05) is 17.0 Å². The van der Waals surface area contributed by atoms with Gasteiger partial charge in [0.15, 0.2) is 17.4 Å². The van der Waals surface area contributed by atoms with E-state index in [-0.39, 0.29) is 24.6 Å². The van der Waals surface area contributed by atoms with Crippen LogP contribution in [0.3, 0.4) is 0 Å². The maximum atomic E-state index is 13.8. The smallest absolute Gasteiger partial charge is 0.310 e. The second-order valence-corrected chi connectivity index (χ2v) is 6.62. The van der Waals surface area contributed by atoms with E-state index in [2.05, 4.69) is 5.10 Å². The van der Waals surface area contributed by atoms with Crippen molar-refractivity contribution in [3.8, 4) is 17.0 Å². The average molecular weight is 423 g/mol.